The van der Waals surface area contributed by atoms with Gasteiger partial charge in [-0.15, -0.1) is 0 Å². The number of phenolic OH excluding ortho intramolecular Hbond substituents is 1. The zero-order valence-electron chi connectivity index (χ0n) is 21.3. The fourth-order valence-electron chi connectivity index (χ4n) is 5.59. The van der Waals surface area contributed by atoms with Gasteiger partial charge in [-0.05, 0) is 92.2 Å². The molecule has 2 N–H and O–H groups in total. The zero-order valence-corrected chi connectivity index (χ0v) is 22.1. The number of nitrogens with zero attached hydrogens (tertiary/aromatic N) is 1. The number of rotatable bonds is 8. The summed E-state index contributed by atoms with van der Waals surface area (Å²) in [5.41, 5.74) is 4.20. The normalized spacial score (nSPS) is 20.0. The molecule has 5 rings (SSSR count). The van der Waals surface area contributed by atoms with Crippen LogP contribution in [0.3, 0.4) is 0 Å². The molecule has 2 fully saturated rings. The van der Waals surface area contributed by atoms with Crippen LogP contribution in [0.2, 0.25) is 5.02 Å². The molecular weight excluding hydrogens is 472 g/mol. The average molecular weight is 507 g/mol. The van der Waals surface area contributed by atoms with E-state index in [1.807, 2.05) is 12.1 Å². The van der Waals surface area contributed by atoms with E-state index in [9.17, 15) is 9.90 Å². The van der Waals surface area contributed by atoms with E-state index in [1.165, 1.54) is 26.4 Å². The van der Waals surface area contributed by atoms with Crippen LogP contribution in [0, 0.1) is 17.8 Å². The molecule has 5 nitrogen and oxygen atoms in total. The van der Waals surface area contributed by atoms with Gasteiger partial charge in [0.05, 0.1) is 28.9 Å². The van der Waals surface area contributed by atoms with Gasteiger partial charge in [0.1, 0.15) is 0 Å². The third kappa shape index (κ3) is 5.17. The van der Waals surface area contributed by atoms with Crippen molar-refractivity contribution in [2.24, 2.45) is 17.8 Å². The summed E-state index contributed by atoms with van der Waals surface area (Å²) in [6, 6.07) is 9.89. The van der Waals surface area contributed by atoms with E-state index in [-0.39, 0.29) is 22.5 Å². The number of carbonyl (C=O) groups excluding carboxylic acids is 1. The summed E-state index contributed by atoms with van der Waals surface area (Å²) >= 11 is 6.28. The van der Waals surface area contributed by atoms with Crippen LogP contribution in [0.15, 0.2) is 36.5 Å². The second-order valence-corrected chi connectivity index (χ2v) is 11.3. The monoisotopic (exact) mass is 506 g/mol. The van der Waals surface area contributed by atoms with Gasteiger partial charge in [0, 0.05) is 23.5 Å². The molecule has 0 radical (unpaired) electrons. The maximum atomic E-state index is 13.3. The van der Waals surface area contributed by atoms with E-state index in [1.54, 1.807) is 18.3 Å². The summed E-state index contributed by atoms with van der Waals surface area (Å²) in [4.78, 5) is 17.9. The molecule has 0 amide bonds. The fraction of sp³-hybridized carbons (Fsp3) is 0.467. The Balaban J connectivity index is 1.53. The van der Waals surface area contributed by atoms with Gasteiger partial charge in [0.15, 0.2) is 17.3 Å². The van der Waals surface area contributed by atoms with Crippen molar-refractivity contribution in [3.05, 3.63) is 47.1 Å². The summed E-state index contributed by atoms with van der Waals surface area (Å²) in [6.07, 6.45) is 9.65. The Morgan fingerprint density at radius 3 is 2.53 bits per heavy atom. The summed E-state index contributed by atoms with van der Waals surface area (Å²) in [6.45, 7) is 4.61. The number of pyridine rings is 1. The van der Waals surface area contributed by atoms with Crippen molar-refractivity contribution in [2.45, 2.75) is 64.8 Å². The number of anilines is 1. The van der Waals surface area contributed by atoms with Gasteiger partial charge < -0.3 is 15.2 Å². The SMILES string of the molecule is COc1cc(-c2ccc3ncc(C(=O)C4CC4)c(NC4CCC(CC(C)C)CC4)c3c2)cc(Cl)c1O. The number of fused-ring (bicyclic) bond motifs is 1. The van der Waals surface area contributed by atoms with E-state index in [0.29, 0.717) is 17.4 Å². The van der Waals surface area contributed by atoms with Crippen LogP contribution in [-0.4, -0.2) is 29.0 Å². The predicted octanol–water partition coefficient (Wildman–Crippen LogP) is 7.88. The number of nitrogens with one attached hydrogen (secondary N) is 1. The molecule has 1 aromatic heterocycles. The lowest BCUT2D eigenvalue weighted by Crippen LogP contribution is -2.27. The molecule has 3 aromatic rings. The van der Waals surface area contributed by atoms with Gasteiger partial charge in [-0.3, -0.25) is 9.78 Å². The Morgan fingerprint density at radius 2 is 1.86 bits per heavy atom. The number of aromatic hydroxyl groups is 1. The lowest BCUT2D eigenvalue weighted by atomic mass is 9.81. The lowest BCUT2D eigenvalue weighted by Gasteiger charge is -2.31. The molecule has 2 aliphatic rings. The Morgan fingerprint density at radius 1 is 1.11 bits per heavy atom. The average Bonchev–Trinajstić information content (AvgIpc) is 3.71. The second kappa shape index (κ2) is 10.3. The van der Waals surface area contributed by atoms with Crippen LogP contribution >= 0.6 is 11.6 Å². The molecule has 0 spiro atoms. The Bertz CT molecular complexity index is 1280. The molecule has 6 heteroatoms. The number of hydrogen-bond acceptors (Lipinski definition) is 5. The van der Waals surface area contributed by atoms with Crippen molar-refractivity contribution in [3.63, 3.8) is 0 Å². The first-order valence-electron chi connectivity index (χ1n) is 13.1. The number of hydrogen-bond donors (Lipinski definition) is 2. The highest BCUT2D eigenvalue weighted by Crippen LogP contribution is 2.41. The number of aromatic nitrogens is 1. The minimum absolute atomic E-state index is 0.0712. The smallest absolute Gasteiger partial charge is 0.176 e. The number of Topliss-reactive ketones (excluding diaryl/α,β-unsaturated/α-hetero) is 1. The third-order valence-corrected chi connectivity index (χ3v) is 7.95. The highest BCUT2D eigenvalue weighted by Gasteiger charge is 2.33. The second-order valence-electron chi connectivity index (χ2n) is 10.9. The van der Waals surface area contributed by atoms with Crippen molar-refractivity contribution in [3.8, 4) is 22.6 Å². The minimum Gasteiger partial charge on any atom is -0.503 e. The Kier molecular flexibility index (Phi) is 7.11. The van der Waals surface area contributed by atoms with Crippen molar-refractivity contribution < 1.29 is 14.6 Å². The van der Waals surface area contributed by atoms with E-state index in [2.05, 4.69) is 30.2 Å². The summed E-state index contributed by atoms with van der Waals surface area (Å²) in [5, 5.41) is 15.1. The molecular formula is C30H35ClN2O3. The number of ether oxygens (including phenoxy) is 1. The topological polar surface area (TPSA) is 71.5 Å². The van der Waals surface area contributed by atoms with Crippen molar-refractivity contribution >= 4 is 34.0 Å². The quantitative estimate of drug-likeness (QED) is 0.304. The largest absolute Gasteiger partial charge is 0.503 e. The van der Waals surface area contributed by atoms with Crippen LogP contribution in [0.25, 0.3) is 22.0 Å². The number of benzene rings is 2. The van der Waals surface area contributed by atoms with Gasteiger partial charge in [-0.25, -0.2) is 0 Å². The molecule has 0 atom stereocenters. The number of ketones is 1. The first-order valence-corrected chi connectivity index (χ1v) is 13.5. The van der Waals surface area contributed by atoms with Gasteiger partial charge in [-0.1, -0.05) is 31.5 Å². The molecule has 0 saturated heterocycles. The molecule has 36 heavy (non-hydrogen) atoms. The van der Waals surface area contributed by atoms with E-state index < -0.39 is 0 Å². The van der Waals surface area contributed by atoms with Crippen LogP contribution in [0.5, 0.6) is 11.5 Å². The fourth-order valence-corrected chi connectivity index (χ4v) is 5.80. The highest BCUT2D eigenvalue weighted by atomic mass is 35.5. The summed E-state index contributed by atoms with van der Waals surface area (Å²) in [7, 11) is 1.51. The molecule has 0 unspecified atom stereocenters. The summed E-state index contributed by atoms with van der Waals surface area (Å²) in [5.74, 6) is 2.10. The lowest BCUT2D eigenvalue weighted by molar-refractivity contribution is 0.0968. The van der Waals surface area contributed by atoms with E-state index >= 15 is 0 Å². The van der Waals surface area contributed by atoms with Gasteiger partial charge in [0.2, 0.25) is 0 Å². The number of methoxy groups -OCH3 is 1. The van der Waals surface area contributed by atoms with E-state index in [4.69, 9.17) is 16.3 Å². The molecule has 0 bridgehead atoms. The maximum Gasteiger partial charge on any atom is 0.176 e. The molecule has 1 heterocycles. The van der Waals surface area contributed by atoms with Crippen molar-refractivity contribution in [2.75, 3.05) is 12.4 Å². The number of carbonyl (C=O) groups is 1. The number of halogens is 1. The predicted molar refractivity (Wildman–Crippen MR) is 146 cm³/mol. The third-order valence-electron chi connectivity index (χ3n) is 7.66. The van der Waals surface area contributed by atoms with Crippen molar-refractivity contribution in [1.29, 1.82) is 0 Å². The molecule has 190 valence electrons. The first kappa shape index (κ1) is 24.9. The maximum absolute atomic E-state index is 13.3. The Labute approximate surface area is 218 Å². The van der Waals surface area contributed by atoms with Gasteiger partial charge in [0.25, 0.3) is 0 Å². The van der Waals surface area contributed by atoms with Crippen LogP contribution in [0.1, 0.15) is 69.2 Å². The molecule has 2 aliphatic carbocycles. The zero-order chi connectivity index (χ0) is 25.4. The van der Waals surface area contributed by atoms with Crippen LogP contribution < -0.4 is 10.1 Å². The number of phenols is 1. The molecule has 0 aliphatic heterocycles. The van der Waals surface area contributed by atoms with Crippen LogP contribution in [-0.2, 0) is 0 Å². The Hall–Kier alpha value is -2.79. The highest BCUT2D eigenvalue weighted by molar-refractivity contribution is 6.32. The molecule has 2 aromatic carbocycles. The standard InChI is InChI=1S/C30H35ClN2O3/c1-17(2)12-18-4-9-22(10-5-18)33-28-23-13-20(21-14-25(31)30(35)27(15-21)36-3)8-11-26(23)32-16-24(28)29(34)19-6-7-19/h8,11,13-19,22,35H,4-7,9-10,12H2,1-3H3,(H,32,33). The van der Waals surface area contributed by atoms with Crippen molar-refractivity contribution in [1.82, 2.24) is 4.98 Å². The summed E-state index contributed by atoms with van der Waals surface area (Å²) < 4.78 is 5.31. The molecule has 2 saturated carbocycles. The van der Waals surface area contributed by atoms with E-state index in [0.717, 1.165) is 65.2 Å². The minimum atomic E-state index is -0.0712. The van der Waals surface area contributed by atoms with Gasteiger partial charge >= 0.3 is 0 Å². The van der Waals surface area contributed by atoms with Crippen LogP contribution in [0.4, 0.5) is 5.69 Å². The van der Waals surface area contributed by atoms with Gasteiger partial charge in [-0.2, -0.15) is 0 Å². The first-order chi connectivity index (χ1) is 17.3.